The largest absolute Gasteiger partial charge is 0.370 e. The van der Waals surface area contributed by atoms with Gasteiger partial charge in [0, 0.05) is 24.2 Å². The van der Waals surface area contributed by atoms with Gasteiger partial charge in [-0.25, -0.2) is 9.97 Å². The molecular formula is C14H18ClN5. The van der Waals surface area contributed by atoms with Gasteiger partial charge in [0.2, 0.25) is 0 Å². The number of hydrogen-bond acceptors (Lipinski definition) is 4. The third-order valence-electron chi connectivity index (χ3n) is 3.52. The van der Waals surface area contributed by atoms with Gasteiger partial charge in [-0.05, 0) is 38.2 Å². The molecule has 0 aromatic carbocycles. The highest BCUT2D eigenvalue weighted by Gasteiger charge is 2.27. The molecule has 6 heteroatoms. The average molecular weight is 292 g/mol. The lowest BCUT2D eigenvalue weighted by atomic mass is 10.1. The molecule has 1 fully saturated rings. The number of rotatable bonds is 6. The maximum absolute atomic E-state index is 6.03. The molecule has 0 atom stereocenters. The van der Waals surface area contributed by atoms with E-state index in [0.717, 1.165) is 36.7 Å². The number of aromatic amines is 1. The van der Waals surface area contributed by atoms with E-state index < -0.39 is 0 Å². The fourth-order valence-corrected chi connectivity index (χ4v) is 2.36. The highest BCUT2D eigenvalue weighted by Crippen LogP contribution is 2.38. The van der Waals surface area contributed by atoms with Crippen LogP contribution in [0.4, 0.5) is 5.82 Å². The predicted molar refractivity (Wildman–Crippen MR) is 79.2 cm³/mol. The Morgan fingerprint density at radius 1 is 1.40 bits per heavy atom. The Balaban J connectivity index is 1.52. The summed E-state index contributed by atoms with van der Waals surface area (Å²) in [6.45, 7) is 2.91. The van der Waals surface area contributed by atoms with E-state index >= 15 is 0 Å². The van der Waals surface area contributed by atoms with Crippen molar-refractivity contribution in [3.8, 4) is 0 Å². The standard InChI is InChI=1S/C14H18ClN5/c1-9-11(8-17-20-9)3-2-6-16-13-7-12(15)18-14(19-13)10-4-5-10/h7-8,10H,2-6H2,1H3,(H,17,20)(H,16,18,19). The van der Waals surface area contributed by atoms with E-state index in [1.54, 1.807) is 6.07 Å². The van der Waals surface area contributed by atoms with Gasteiger partial charge in [-0.15, -0.1) is 0 Å². The second-order valence-corrected chi connectivity index (χ2v) is 5.65. The molecule has 0 unspecified atom stereocenters. The van der Waals surface area contributed by atoms with Crippen molar-refractivity contribution in [1.29, 1.82) is 0 Å². The third kappa shape index (κ3) is 3.28. The van der Waals surface area contributed by atoms with Gasteiger partial charge in [-0.3, -0.25) is 5.10 Å². The van der Waals surface area contributed by atoms with Crippen molar-refractivity contribution in [1.82, 2.24) is 20.2 Å². The van der Waals surface area contributed by atoms with Crippen LogP contribution in [0.5, 0.6) is 0 Å². The molecule has 2 heterocycles. The van der Waals surface area contributed by atoms with E-state index in [0.29, 0.717) is 11.1 Å². The van der Waals surface area contributed by atoms with Crippen molar-refractivity contribution < 1.29 is 0 Å². The molecule has 2 N–H and O–H groups in total. The van der Waals surface area contributed by atoms with Crippen LogP contribution < -0.4 is 5.32 Å². The smallest absolute Gasteiger partial charge is 0.135 e. The highest BCUT2D eigenvalue weighted by atomic mass is 35.5. The van der Waals surface area contributed by atoms with E-state index in [9.17, 15) is 0 Å². The molecule has 20 heavy (non-hydrogen) atoms. The van der Waals surface area contributed by atoms with Crippen LogP contribution in [0.25, 0.3) is 0 Å². The Morgan fingerprint density at radius 3 is 2.95 bits per heavy atom. The SMILES string of the molecule is Cc1[nH]ncc1CCCNc1cc(Cl)nc(C2CC2)n1. The van der Waals surface area contributed by atoms with Crippen molar-refractivity contribution in [2.75, 3.05) is 11.9 Å². The van der Waals surface area contributed by atoms with Crippen LogP contribution in [0, 0.1) is 6.92 Å². The summed E-state index contributed by atoms with van der Waals surface area (Å²) < 4.78 is 0. The number of nitrogens with one attached hydrogen (secondary N) is 2. The van der Waals surface area contributed by atoms with E-state index in [1.165, 1.54) is 18.4 Å². The average Bonchev–Trinajstić information content (AvgIpc) is 3.19. The lowest BCUT2D eigenvalue weighted by Gasteiger charge is -2.07. The molecule has 2 aromatic rings. The molecule has 0 amide bonds. The summed E-state index contributed by atoms with van der Waals surface area (Å²) in [7, 11) is 0. The first-order chi connectivity index (χ1) is 9.72. The predicted octanol–water partition coefficient (Wildman–Crippen LogP) is 3.08. The van der Waals surface area contributed by atoms with Gasteiger partial charge in [0.25, 0.3) is 0 Å². The van der Waals surface area contributed by atoms with Crippen LogP contribution in [0.1, 0.15) is 42.3 Å². The molecule has 0 aliphatic heterocycles. The maximum atomic E-state index is 6.03. The normalized spacial score (nSPS) is 14.5. The summed E-state index contributed by atoms with van der Waals surface area (Å²) in [6.07, 6.45) is 6.28. The number of H-pyrrole nitrogens is 1. The first-order valence-corrected chi connectivity index (χ1v) is 7.37. The summed E-state index contributed by atoms with van der Waals surface area (Å²) >= 11 is 6.03. The van der Waals surface area contributed by atoms with E-state index in [4.69, 9.17) is 11.6 Å². The maximum Gasteiger partial charge on any atom is 0.135 e. The van der Waals surface area contributed by atoms with E-state index in [2.05, 4.69) is 25.5 Å². The van der Waals surface area contributed by atoms with Crippen molar-refractivity contribution in [3.63, 3.8) is 0 Å². The number of hydrogen-bond donors (Lipinski definition) is 2. The van der Waals surface area contributed by atoms with Gasteiger partial charge in [-0.2, -0.15) is 5.10 Å². The Labute approximate surface area is 123 Å². The second kappa shape index (κ2) is 5.79. The Bertz CT molecular complexity index is 591. The van der Waals surface area contributed by atoms with Gasteiger partial charge in [0.15, 0.2) is 0 Å². The molecule has 2 aromatic heterocycles. The van der Waals surface area contributed by atoms with Crippen LogP contribution in [-0.2, 0) is 6.42 Å². The van der Waals surface area contributed by atoms with Gasteiger partial charge in [-0.1, -0.05) is 11.6 Å². The molecule has 1 saturated carbocycles. The number of halogens is 1. The number of aryl methyl sites for hydroxylation is 2. The van der Waals surface area contributed by atoms with Gasteiger partial charge in [0.05, 0.1) is 6.20 Å². The van der Waals surface area contributed by atoms with Crippen LogP contribution in [0.2, 0.25) is 5.15 Å². The summed E-state index contributed by atoms with van der Waals surface area (Å²) in [5.74, 6) is 2.23. The van der Waals surface area contributed by atoms with Gasteiger partial charge >= 0.3 is 0 Å². The fraction of sp³-hybridized carbons (Fsp3) is 0.500. The first kappa shape index (κ1) is 13.4. The zero-order valence-electron chi connectivity index (χ0n) is 11.5. The number of nitrogens with zero attached hydrogens (tertiary/aromatic N) is 3. The highest BCUT2D eigenvalue weighted by molar-refractivity contribution is 6.29. The summed E-state index contributed by atoms with van der Waals surface area (Å²) in [6, 6.07) is 1.79. The van der Waals surface area contributed by atoms with Gasteiger partial charge < -0.3 is 5.32 Å². The van der Waals surface area contributed by atoms with Crippen LogP contribution in [-0.4, -0.2) is 26.7 Å². The van der Waals surface area contributed by atoms with Crippen LogP contribution >= 0.6 is 11.6 Å². The lowest BCUT2D eigenvalue weighted by molar-refractivity contribution is 0.846. The molecule has 0 saturated heterocycles. The zero-order valence-corrected chi connectivity index (χ0v) is 12.2. The first-order valence-electron chi connectivity index (χ1n) is 6.99. The second-order valence-electron chi connectivity index (χ2n) is 5.26. The lowest BCUT2D eigenvalue weighted by Crippen LogP contribution is -2.06. The molecule has 5 nitrogen and oxygen atoms in total. The third-order valence-corrected chi connectivity index (χ3v) is 3.71. The van der Waals surface area contributed by atoms with Crippen LogP contribution in [0.15, 0.2) is 12.3 Å². The molecule has 1 aliphatic carbocycles. The number of aromatic nitrogens is 4. The van der Waals surface area contributed by atoms with Crippen molar-refractivity contribution in [2.24, 2.45) is 0 Å². The minimum atomic E-state index is 0.517. The van der Waals surface area contributed by atoms with Crippen molar-refractivity contribution in [2.45, 2.75) is 38.5 Å². The minimum Gasteiger partial charge on any atom is -0.370 e. The summed E-state index contributed by atoms with van der Waals surface area (Å²) in [5, 5.41) is 10.8. The van der Waals surface area contributed by atoms with E-state index in [-0.39, 0.29) is 0 Å². The Morgan fingerprint density at radius 2 is 2.25 bits per heavy atom. The summed E-state index contributed by atoms with van der Waals surface area (Å²) in [4.78, 5) is 8.80. The topological polar surface area (TPSA) is 66.5 Å². The molecule has 0 bridgehead atoms. The Hall–Kier alpha value is -1.62. The minimum absolute atomic E-state index is 0.517. The Kier molecular flexibility index (Phi) is 3.87. The number of anilines is 1. The zero-order chi connectivity index (χ0) is 13.9. The van der Waals surface area contributed by atoms with E-state index in [1.807, 2.05) is 13.1 Å². The fourth-order valence-electron chi connectivity index (χ4n) is 2.17. The van der Waals surface area contributed by atoms with Crippen molar-refractivity contribution in [3.05, 3.63) is 34.5 Å². The molecule has 0 spiro atoms. The van der Waals surface area contributed by atoms with Gasteiger partial charge in [0.1, 0.15) is 16.8 Å². The molecule has 106 valence electrons. The quantitative estimate of drug-likeness (QED) is 0.634. The molecular weight excluding hydrogens is 274 g/mol. The molecule has 0 radical (unpaired) electrons. The van der Waals surface area contributed by atoms with Crippen LogP contribution in [0.3, 0.4) is 0 Å². The summed E-state index contributed by atoms with van der Waals surface area (Å²) in [5.41, 5.74) is 2.41. The monoisotopic (exact) mass is 291 g/mol. The molecule has 3 rings (SSSR count). The van der Waals surface area contributed by atoms with Crippen molar-refractivity contribution >= 4 is 17.4 Å². The molecule has 1 aliphatic rings.